The summed E-state index contributed by atoms with van der Waals surface area (Å²) in [6.45, 7) is 3.49. The molecule has 2 aliphatic rings. The number of aromatic nitrogens is 2. The van der Waals surface area contributed by atoms with Gasteiger partial charge in [-0.1, -0.05) is 0 Å². The zero-order chi connectivity index (χ0) is 17.1. The lowest BCUT2D eigenvalue weighted by Crippen LogP contribution is -2.48. The zero-order valence-electron chi connectivity index (χ0n) is 14.9. The average molecular weight is 335 g/mol. The van der Waals surface area contributed by atoms with Crippen LogP contribution in [0.15, 0.2) is 12.5 Å². The highest BCUT2D eigenvalue weighted by Crippen LogP contribution is 2.28. The van der Waals surface area contributed by atoms with Crippen LogP contribution in [0.3, 0.4) is 0 Å². The molecule has 2 fully saturated rings. The molecule has 3 atom stereocenters. The average Bonchev–Trinajstić information content (AvgIpc) is 3.33. The molecule has 7 nitrogen and oxygen atoms in total. The van der Waals surface area contributed by atoms with Gasteiger partial charge in [-0.25, -0.2) is 9.78 Å². The number of aryl methyl sites for hydroxylation is 1. The fourth-order valence-electron chi connectivity index (χ4n) is 3.27. The van der Waals surface area contributed by atoms with Gasteiger partial charge in [-0.3, -0.25) is 4.90 Å². The Balaban J connectivity index is 1.43. The number of amides is 2. The van der Waals surface area contributed by atoms with E-state index < -0.39 is 0 Å². The molecule has 2 amide bonds. The normalized spacial score (nSPS) is 25.5. The van der Waals surface area contributed by atoms with Gasteiger partial charge >= 0.3 is 6.03 Å². The number of hydrogen-bond donors (Lipinski definition) is 2. The standard InChI is InChI=1S/C17H29N5O2/c1-12(22(3)14-4-5-14)9-19-17(23)20-13-6-7-24-16(8-13)15-10-18-11-21(15)2/h10-14,16H,4-9H2,1-3H3,(H2,19,20,23)/t12-,13-,16-/m1/s1. The topological polar surface area (TPSA) is 71.4 Å². The van der Waals surface area contributed by atoms with Crippen molar-refractivity contribution >= 4 is 6.03 Å². The molecule has 2 heterocycles. The summed E-state index contributed by atoms with van der Waals surface area (Å²) in [7, 11) is 4.10. The molecule has 3 rings (SSSR count). The fraction of sp³-hybridized carbons (Fsp3) is 0.765. The monoisotopic (exact) mass is 335 g/mol. The molecule has 0 spiro atoms. The van der Waals surface area contributed by atoms with E-state index in [0.717, 1.165) is 18.5 Å². The summed E-state index contributed by atoms with van der Waals surface area (Å²) in [4.78, 5) is 18.7. The number of imidazole rings is 1. The summed E-state index contributed by atoms with van der Waals surface area (Å²) in [5.74, 6) is 0. The Morgan fingerprint density at radius 1 is 1.50 bits per heavy atom. The van der Waals surface area contributed by atoms with Crippen LogP contribution in [-0.4, -0.2) is 58.8 Å². The maximum atomic E-state index is 12.2. The van der Waals surface area contributed by atoms with Crippen molar-refractivity contribution in [3.05, 3.63) is 18.2 Å². The van der Waals surface area contributed by atoms with Crippen molar-refractivity contribution in [1.82, 2.24) is 25.1 Å². The van der Waals surface area contributed by atoms with Crippen molar-refractivity contribution in [3.63, 3.8) is 0 Å². The third-order valence-electron chi connectivity index (χ3n) is 5.18. The molecule has 0 radical (unpaired) electrons. The third-order valence-corrected chi connectivity index (χ3v) is 5.18. The quantitative estimate of drug-likeness (QED) is 0.825. The Labute approximate surface area is 143 Å². The van der Waals surface area contributed by atoms with E-state index in [2.05, 4.69) is 34.5 Å². The number of urea groups is 1. The van der Waals surface area contributed by atoms with E-state index in [1.807, 2.05) is 17.8 Å². The second kappa shape index (κ2) is 7.53. The molecule has 24 heavy (non-hydrogen) atoms. The maximum absolute atomic E-state index is 12.2. The third kappa shape index (κ3) is 4.27. The van der Waals surface area contributed by atoms with Gasteiger partial charge in [0.05, 0.1) is 18.2 Å². The van der Waals surface area contributed by atoms with Gasteiger partial charge in [0.25, 0.3) is 0 Å². The summed E-state index contributed by atoms with van der Waals surface area (Å²) in [6.07, 6.45) is 7.80. The van der Waals surface area contributed by atoms with E-state index >= 15 is 0 Å². The first kappa shape index (κ1) is 17.2. The lowest BCUT2D eigenvalue weighted by Gasteiger charge is -2.30. The minimum Gasteiger partial charge on any atom is -0.372 e. The van der Waals surface area contributed by atoms with Gasteiger partial charge in [-0.15, -0.1) is 0 Å². The highest BCUT2D eigenvalue weighted by atomic mass is 16.5. The summed E-state index contributed by atoms with van der Waals surface area (Å²) in [5, 5.41) is 6.10. The molecule has 134 valence electrons. The van der Waals surface area contributed by atoms with Gasteiger partial charge in [0.1, 0.15) is 6.10 Å². The van der Waals surface area contributed by atoms with E-state index in [-0.39, 0.29) is 18.2 Å². The van der Waals surface area contributed by atoms with Gasteiger partial charge in [0.15, 0.2) is 0 Å². The first-order valence-corrected chi connectivity index (χ1v) is 8.88. The minimum absolute atomic E-state index is 0.00327. The van der Waals surface area contributed by atoms with Crippen molar-refractivity contribution in [3.8, 4) is 0 Å². The molecular weight excluding hydrogens is 306 g/mol. The SMILES string of the molecule is C[C@H](CNC(=O)N[C@@H]1CCO[C@@H](c2cncn2C)C1)N(C)C1CC1. The minimum atomic E-state index is -0.0818. The molecular formula is C17H29N5O2. The van der Waals surface area contributed by atoms with Crippen LogP contribution in [0.25, 0.3) is 0 Å². The first-order chi connectivity index (χ1) is 11.5. The van der Waals surface area contributed by atoms with Crippen molar-refractivity contribution in [1.29, 1.82) is 0 Å². The lowest BCUT2D eigenvalue weighted by molar-refractivity contribution is -0.00179. The van der Waals surface area contributed by atoms with E-state index in [1.165, 1.54) is 12.8 Å². The summed E-state index contributed by atoms with van der Waals surface area (Å²) >= 11 is 0. The number of nitrogens with one attached hydrogen (secondary N) is 2. The fourth-order valence-corrected chi connectivity index (χ4v) is 3.27. The summed E-state index contributed by atoms with van der Waals surface area (Å²) < 4.78 is 7.81. The van der Waals surface area contributed by atoms with Crippen molar-refractivity contribution < 1.29 is 9.53 Å². The van der Waals surface area contributed by atoms with E-state index in [1.54, 1.807) is 6.33 Å². The van der Waals surface area contributed by atoms with Gasteiger partial charge in [-0.2, -0.15) is 0 Å². The second-order valence-electron chi connectivity index (χ2n) is 7.11. The summed E-state index contributed by atoms with van der Waals surface area (Å²) in [6, 6.07) is 1.12. The predicted octanol–water partition coefficient (Wildman–Crippen LogP) is 1.42. The Bertz CT molecular complexity index is 557. The van der Waals surface area contributed by atoms with Crippen LogP contribution in [0.1, 0.15) is 44.4 Å². The molecule has 0 bridgehead atoms. The van der Waals surface area contributed by atoms with Gasteiger partial charge in [0, 0.05) is 38.3 Å². The largest absolute Gasteiger partial charge is 0.372 e. The van der Waals surface area contributed by atoms with Gasteiger partial charge in [0.2, 0.25) is 0 Å². The number of likely N-dealkylation sites (N-methyl/N-ethyl adjacent to an activating group) is 1. The number of ether oxygens (including phenoxy) is 1. The molecule has 1 aromatic heterocycles. The number of rotatable bonds is 6. The van der Waals surface area contributed by atoms with Crippen LogP contribution in [-0.2, 0) is 11.8 Å². The number of nitrogens with zero attached hydrogens (tertiary/aromatic N) is 3. The molecule has 1 saturated heterocycles. The molecule has 1 aromatic rings. The zero-order valence-corrected chi connectivity index (χ0v) is 14.9. The lowest BCUT2D eigenvalue weighted by atomic mass is 10.0. The van der Waals surface area contributed by atoms with Crippen LogP contribution in [0.4, 0.5) is 4.79 Å². The molecule has 7 heteroatoms. The van der Waals surface area contributed by atoms with Crippen LogP contribution in [0.5, 0.6) is 0 Å². The molecule has 1 saturated carbocycles. The maximum Gasteiger partial charge on any atom is 0.315 e. The Morgan fingerprint density at radius 3 is 2.96 bits per heavy atom. The van der Waals surface area contributed by atoms with Crippen LogP contribution < -0.4 is 10.6 Å². The van der Waals surface area contributed by atoms with E-state index in [0.29, 0.717) is 25.2 Å². The van der Waals surface area contributed by atoms with Crippen LogP contribution in [0.2, 0.25) is 0 Å². The molecule has 1 aliphatic heterocycles. The molecule has 1 aliphatic carbocycles. The highest BCUT2D eigenvalue weighted by molar-refractivity contribution is 5.74. The second-order valence-corrected chi connectivity index (χ2v) is 7.11. The van der Waals surface area contributed by atoms with Crippen molar-refractivity contribution in [2.75, 3.05) is 20.2 Å². The van der Waals surface area contributed by atoms with Crippen molar-refractivity contribution in [2.45, 2.75) is 56.8 Å². The number of carbonyl (C=O) groups excluding carboxylic acids is 1. The predicted molar refractivity (Wildman–Crippen MR) is 91.7 cm³/mol. The number of hydrogen-bond acceptors (Lipinski definition) is 4. The molecule has 2 N–H and O–H groups in total. The smallest absolute Gasteiger partial charge is 0.315 e. The van der Waals surface area contributed by atoms with E-state index in [4.69, 9.17) is 4.74 Å². The Morgan fingerprint density at radius 2 is 2.29 bits per heavy atom. The van der Waals surface area contributed by atoms with Gasteiger partial charge < -0.3 is 19.9 Å². The number of carbonyl (C=O) groups is 1. The highest BCUT2D eigenvalue weighted by Gasteiger charge is 2.30. The van der Waals surface area contributed by atoms with E-state index in [9.17, 15) is 4.79 Å². The van der Waals surface area contributed by atoms with Crippen LogP contribution in [0, 0.1) is 0 Å². The Hall–Kier alpha value is -1.60. The molecule has 0 unspecified atom stereocenters. The first-order valence-electron chi connectivity index (χ1n) is 8.88. The van der Waals surface area contributed by atoms with Gasteiger partial charge in [-0.05, 0) is 39.7 Å². The summed E-state index contributed by atoms with van der Waals surface area (Å²) in [5.41, 5.74) is 1.06. The van der Waals surface area contributed by atoms with Crippen LogP contribution >= 0.6 is 0 Å². The Kier molecular flexibility index (Phi) is 5.40. The molecule has 0 aromatic carbocycles. The van der Waals surface area contributed by atoms with Crippen molar-refractivity contribution in [2.24, 2.45) is 7.05 Å².